The highest BCUT2D eigenvalue weighted by Crippen LogP contribution is 2.40. The second-order valence-corrected chi connectivity index (χ2v) is 9.19. The van der Waals surface area contributed by atoms with Gasteiger partial charge in [-0.05, 0) is 106 Å². The van der Waals surface area contributed by atoms with Crippen molar-refractivity contribution in [2.24, 2.45) is 0 Å². The molecule has 4 nitrogen and oxygen atoms in total. The molecule has 4 N–H and O–H groups in total. The smallest absolute Gasteiger partial charge is 0.259 e. The fraction of sp³-hybridized carbons (Fsp3) is 0.200. The Kier molecular flexibility index (Phi) is 7.34. The molecule has 2 aromatic rings. The highest BCUT2D eigenvalue weighted by Gasteiger charge is 2.18. The lowest BCUT2D eigenvalue weighted by Crippen LogP contribution is -2.06. The van der Waals surface area contributed by atoms with Gasteiger partial charge in [0.15, 0.2) is 0 Å². The van der Waals surface area contributed by atoms with Crippen LogP contribution in [0.3, 0.4) is 0 Å². The van der Waals surface area contributed by atoms with Gasteiger partial charge in [-0.1, -0.05) is 6.92 Å². The average molecular weight is 606 g/mol. The van der Waals surface area contributed by atoms with Crippen LogP contribution in [-0.2, 0) is 11.3 Å². The summed E-state index contributed by atoms with van der Waals surface area (Å²) >= 11 is 11.8. The predicted molar refractivity (Wildman–Crippen MR) is 115 cm³/mol. The van der Waals surface area contributed by atoms with Gasteiger partial charge >= 0.3 is 0 Å². The SMILES string of the molecule is CCC(c1cc(Br)c(N)c(Br)c1)c1cc(Br)c(NS(=O)O)c(Br)c1. The number of anilines is 2. The third-order valence-electron chi connectivity index (χ3n) is 3.57. The maximum atomic E-state index is 11.0. The van der Waals surface area contributed by atoms with Gasteiger partial charge in [0.1, 0.15) is 0 Å². The zero-order chi connectivity index (χ0) is 18.0. The molecule has 9 heteroatoms. The molecule has 0 fully saturated rings. The van der Waals surface area contributed by atoms with Gasteiger partial charge in [0.25, 0.3) is 11.3 Å². The molecule has 2 rings (SSSR count). The van der Waals surface area contributed by atoms with Gasteiger partial charge in [-0.2, -0.15) is 0 Å². The van der Waals surface area contributed by atoms with E-state index in [0.29, 0.717) is 20.3 Å². The molecule has 2 unspecified atom stereocenters. The van der Waals surface area contributed by atoms with E-state index in [1.807, 2.05) is 24.3 Å². The van der Waals surface area contributed by atoms with Gasteiger partial charge in [-0.25, -0.2) is 4.21 Å². The molecular formula is C15H14Br4N2O2S. The lowest BCUT2D eigenvalue weighted by Gasteiger charge is -2.20. The first-order valence-electron chi connectivity index (χ1n) is 6.85. The van der Waals surface area contributed by atoms with Crippen molar-refractivity contribution >= 4 is 86.4 Å². The minimum absolute atomic E-state index is 0.152. The highest BCUT2D eigenvalue weighted by molar-refractivity contribution is 9.11. The standard InChI is InChI=1S/C15H14Br4N2O2S/c1-2-9(7-3-10(16)14(20)11(17)4-7)8-5-12(18)15(13(19)6-8)21-24(22)23/h3-6,9,21H,2,20H2,1H3,(H,22,23). The lowest BCUT2D eigenvalue weighted by molar-refractivity contribution is 0.570. The van der Waals surface area contributed by atoms with Gasteiger partial charge in [-0.15, -0.1) is 0 Å². The molecule has 0 bridgehead atoms. The molecule has 2 aromatic carbocycles. The Bertz CT molecular complexity index is 755. The molecule has 130 valence electrons. The average Bonchev–Trinajstić information content (AvgIpc) is 2.49. The Morgan fingerprint density at radius 2 is 1.46 bits per heavy atom. The molecule has 0 aliphatic carbocycles. The van der Waals surface area contributed by atoms with Crippen LogP contribution < -0.4 is 10.5 Å². The van der Waals surface area contributed by atoms with E-state index in [4.69, 9.17) is 10.3 Å². The number of nitrogens with two attached hydrogens (primary N) is 1. The summed E-state index contributed by atoms with van der Waals surface area (Å²) in [6, 6.07) is 7.94. The predicted octanol–water partition coefficient (Wildman–Crippen LogP) is 6.41. The van der Waals surface area contributed by atoms with Crippen LogP contribution in [0.5, 0.6) is 0 Å². The Labute approximate surface area is 176 Å². The summed E-state index contributed by atoms with van der Waals surface area (Å²) in [6.45, 7) is 2.11. The van der Waals surface area contributed by atoms with E-state index in [1.165, 1.54) is 0 Å². The van der Waals surface area contributed by atoms with Crippen LogP contribution in [0, 0.1) is 0 Å². The van der Waals surface area contributed by atoms with Crippen molar-refractivity contribution in [3.63, 3.8) is 0 Å². The van der Waals surface area contributed by atoms with Crippen LogP contribution >= 0.6 is 63.7 Å². The van der Waals surface area contributed by atoms with Gasteiger partial charge in [0, 0.05) is 23.8 Å². The number of hydrogen-bond donors (Lipinski definition) is 3. The molecule has 24 heavy (non-hydrogen) atoms. The Morgan fingerprint density at radius 1 is 1.04 bits per heavy atom. The zero-order valence-electron chi connectivity index (χ0n) is 12.4. The molecular weight excluding hydrogens is 592 g/mol. The second kappa shape index (κ2) is 8.64. The molecule has 0 amide bonds. The highest BCUT2D eigenvalue weighted by atomic mass is 79.9. The van der Waals surface area contributed by atoms with Crippen molar-refractivity contribution in [3.8, 4) is 0 Å². The minimum atomic E-state index is -2.14. The van der Waals surface area contributed by atoms with Crippen molar-refractivity contribution in [1.29, 1.82) is 0 Å². The molecule has 0 radical (unpaired) electrons. The summed E-state index contributed by atoms with van der Waals surface area (Å²) in [5.74, 6) is 0.152. The van der Waals surface area contributed by atoms with E-state index in [2.05, 4.69) is 75.4 Å². The molecule has 2 atom stereocenters. The number of benzene rings is 2. The van der Waals surface area contributed by atoms with Crippen molar-refractivity contribution in [1.82, 2.24) is 0 Å². The number of rotatable bonds is 5. The van der Waals surface area contributed by atoms with Crippen molar-refractivity contribution < 1.29 is 8.76 Å². The Balaban J connectivity index is 2.50. The minimum Gasteiger partial charge on any atom is -0.397 e. The molecule has 0 saturated heterocycles. The number of halogens is 4. The van der Waals surface area contributed by atoms with Crippen LogP contribution in [0.25, 0.3) is 0 Å². The molecule has 0 saturated carbocycles. The van der Waals surface area contributed by atoms with E-state index >= 15 is 0 Å². The molecule has 0 heterocycles. The van der Waals surface area contributed by atoms with Crippen LogP contribution in [0.4, 0.5) is 11.4 Å². The summed E-state index contributed by atoms with van der Waals surface area (Å²) in [5.41, 5.74) is 9.38. The van der Waals surface area contributed by atoms with Gasteiger partial charge < -0.3 is 5.73 Å². The third kappa shape index (κ3) is 4.62. The molecule has 0 spiro atoms. The largest absolute Gasteiger partial charge is 0.397 e. The second-order valence-electron chi connectivity index (χ2n) is 5.07. The first-order valence-corrected chi connectivity index (χ1v) is 11.1. The third-order valence-corrected chi connectivity index (χ3v) is 6.51. The summed E-state index contributed by atoms with van der Waals surface area (Å²) < 4.78 is 25.7. The normalized spacial score (nSPS) is 13.6. The van der Waals surface area contributed by atoms with Crippen molar-refractivity contribution in [2.45, 2.75) is 19.3 Å². The van der Waals surface area contributed by atoms with Gasteiger partial charge in [0.2, 0.25) is 0 Å². The Hall–Kier alpha value is 0.0700. The Morgan fingerprint density at radius 3 is 1.83 bits per heavy atom. The van der Waals surface area contributed by atoms with E-state index in [0.717, 1.165) is 26.5 Å². The monoisotopic (exact) mass is 602 g/mol. The van der Waals surface area contributed by atoms with E-state index in [9.17, 15) is 4.21 Å². The van der Waals surface area contributed by atoms with Crippen LogP contribution in [0.2, 0.25) is 0 Å². The number of nitrogens with one attached hydrogen (secondary N) is 1. The van der Waals surface area contributed by atoms with Crippen LogP contribution in [-0.4, -0.2) is 8.76 Å². The fourth-order valence-corrected chi connectivity index (χ4v) is 5.75. The lowest BCUT2D eigenvalue weighted by atomic mass is 9.89. The summed E-state index contributed by atoms with van der Waals surface area (Å²) in [6.07, 6.45) is 0.889. The van der Waals surface area contributed by atoms with E-state index in [1.54, 1.807) is 0 Å². The zero-order valence-corrected chi connectivity index (χ0v) is 19.6. The molecule has 0 aromatic heterocycles. The van der Waals surface area contributed by atoms with Crippen molar-refractivity contribution in [3.05, 3.63) is 53.3 Å². The van der Waals surface area contributed by atoms with Crippen LogP contribution in [0.15, 0.2) is 42.2 Å². The first-order chi connectivity index (χ1) is 11.2. The first kappa shape index (κ1) is 20.4. The van der Waals surface area contributed by atoms with Crippen LogP contribution in [0.1, 0.15) is 30.4 Å². The quantitative estimate of drug-likeness (QED) is 0.272. The summed E-state index contributed by atoms with van der Waals surface area (Å²) in [5, 5.41) is 0. The summed E-state index contributed by atoms with van der Waals surface area (Å²) in [7, 11) is 0. The van der Waals surface area contributed by atoms with Crippen molar-refractivity contribution in [2.75, 3.05) is 10.5 Å². The topological polar surface area (TPSA) is 75.3 Å². The van der Waals surface area contributed by atoms with E-state index < -0.39 is 11.3 Å². The maximum absolute atomic E-state index is 11.0. The summed E-state index contributed by atoms with van der Waals surface area (Å²) in [4.78, 5) is 0. The van der Waals surface area contributed by atoms with Gasteiger partial charge in [0.05, 0.1) is 11.4 Å². The fourth-order valence-electron chi connectivity index (χ4n) is 2.45. The maximum Gasteiger partial charge on any atom is 0.259 e. The van der Waals surface area contributed by atoms with E-state index in [-0.39, 0.29) is 5.92 Å². The van der Waals surface area contributed by atoms with Gasteiger partial charge in [-0.3, -0.25) is 9.27 Å². The number of nitrogen functional groups attached to an aromatic ring is 1. The number of hydrogen-bond acceptors (Lipinski definition) is 2. The molecule has 0 aliphatic rings. The molecule has 0 aliphatic heterocycles.